The maximum absolute atomic E-state index is 13.1. The number of aromatic nitrogens is 2. The number of rotatable bonds is 16. The molecule has 0 radical (unpaired) electrons. The zero-order valence-electron chi connectivity index (χ0n) is 19.0. The fourth-order valence-corrected chi connectivity index (χ4v) is 3.30. The molecule has 190 valence electrons. The van der Waals surface area contributed by atoms with Crippen LogP contribution in [0.4, 0.5) is 0 Å². The molecule has 0 aromatic carbocycles. The second-order valence-corrected chi connectivity index (χ2v) is 8.34. The number of nitrogens with two attached hydrogens (primary N) is 3. The number of aliphatic imine (C=N–C) groups is 1. The van der Waals surface area contributed by atoms with Crippen molar-refractivity contribution in [2.75, 3.05) is 25.1 Å². The summed E-state index contributed by atoms with van der Waals surface area (Å²) in [6, 6.07) is -2.94. The molecule has 1 aromatic rings. The highest BCUT2D eigenvalue weighted by atomic mass is 32.2. The molecule has 34 heavy (non-hydrogen) atoms. The number of H-pyrrole nitrogens is 1. The molecule has 11 N–H and O–H groups in total. The highest BCUT2D eigenvalue weighted by molar-refractivity contribution is 7.98. The molecule has 1 rings (SSSR count). The zero-order chi connectivity index (χ0) is 25.5. The molecule has 1 heterocycles. The van der Waals surface area contributed by atoms with Crippen molar-refractivity contribution in [1.82, 2.24) is 25.9 Å². The SMILES string of the molecule is CSCCC(N)C(=O)NC(Cc1cnc[nH]1)C(=O)NC(CCCN=C(N)N)C(=O)NCC(=O)O. The Kier molecular flexibility index (Phi) is 13.1. The van der Waals surface area contributed by atoms with Crippen molar-refractivity contribution in [3.8, 4) is 0 Å². The minimum Gasteiger partial charge on any atom is -0.480 e. The highest BCUT2D eigenvalue weighted by Gasteiger charge is 2.28. The van der Waals surface area contributed by atoms with Gasteiger partial charge in [-0.1, -0.05) is 0 Å². The Hall–Kier alpha value is -3.33. The van der Waals surface area contributed by atoms with Gasteiger partial charge in [-0.25, -0.2) is 4.98 Å². The van der Waals surface area contributed by atoms with Crippen LogP contribution in [0.3, 0.4) is 0 Å². The number of aliphatic carboxylic acids is 1. The first-order chi connectivity index (χ1) is 16.1. The third-order valence-electron chi connectivity index (χ3n) is 4.57. The summed E-state index contributed by atoms with van der Waals surface area (Å²) in [7, 11) is 0. The third kappa shape index (κ3) is 11.5. The van der Waals surface area contributed by atoms with E-state index in [0.717, 1.165) is 0 Å². The average molecular weight is 500 g/mol. The smallest absolute Gasteiger partial charge is 0.322 e. The summed E-state index contributed by atoms with van der Waals surface area (Å²) in [5.41, 5.74) is 17.1. The van der Waals surface area contributed by atoms with Crippen molar-refractivity contribution in [1.29, 1.82) is 0 Å². The van der Waals surface area contributed by atoms with E-state index in [9.17, 15) is 19.2 Å². The van der Waals surface area contributed by atoms with Crippen LogP contribution in [0.1, 0.15) is 25.0 Å². The fraction of sp³-hybridized carbons (Fsp3) is 0.579. The second kappa shape index (κ2) is 15.5. The van der Waals surface area contributed by atoms with Gasteiger partial charge < -0.3 is 43.2 Å². The molecule has 0 aliphatic heterocycles. The lowest BCUT2D eigenvalue weighted by molar-refractivity contribution is -0.138. The Morgan fingerprint density at radius 1 is 1.15 bits per heavy atom. The van der Waals surface area contributed by atoms with E-state index in [2.05, 4.69) is 30.9 Å². The molecule has 0 saturated carbocycles. The Labute approximate surface area is 201 Å². The van der Waals surface area contributed by atoms with Crippen LogP contribution in [0.5, 0.6) is 0 Å². The van der Waals surface area contributed by atoms with Crippen LogP contribution in [0.15, 0.2) is 17.5 Å². The van der Waals surface area contributed by atoms with Gasteiger partial charge in [0.25, 0.3) is 0 Å². The summed E-state index contributed by atoms with van der Waals surface area (Å²) in [6.45, 7) is -0.406. The van der Waals surface area contributed by atoms with Crippen molar-refractivity contribution in [2.24, 2.45) is 22.2 Å². The van der Waals surface area contributed by atoms with Gasteiger partial charge in [-0.15, -0.1) is 0 Å². The molecule has 0 spiro atoms. The molecular formula is C19H33N9O5S. The number of imidazole rings is 1. The number of hydrogen-bond acceptors (Lipinski definition) is 8. The van der Waals surface area contributed by atoms with Crippen LogP contribution in [-0.4, -0.2) is 87.9 Å². The first-order valence-electron chi connectivity index (χ1n) is 10.5. The predicted molar refractivity (Wildman–Crippen MR) is 128 cm³/mol. The van der Waals surface area contributed by atoms with Gasteiger partial charge in [-0.05, 0) is 31.3 Å². The zero-order valence-corrected chi connectivity index (χ0v) is 19.8. The van der Waals surface area contributed by atoms with E-state index in [1.165, 1.54) is 12.5 Å². The molecule has 0 aliphatic rings. The van der Waals surface area contributed by atoms with Crippen LogP contribution in [0, 0.1) is 0 Å². The summed E-state index contributed by atoms with van der Waals surface area (Å²) in [5.74, 6) is -2.51. The normalized spacial score (nSPS) is 13.2. The maximum atomic E-state index is 13.1. The Morgan fingerprint density at radius 3 is 2.44 bits per heavy atom. The summed E-state index contributed by atoms with van der Waals surface area (Å²) in [5, 5.41) is 16.3. The van der Waals surface area contributed by atoms with Gasteiger partial charge in [0, 0.05) is 24.9 Å². The quantitative estimate of drug-likeness (QED) is 0.0662. The molecule has 3 atom stereocenters. The van der Waals surface area contributed by atoms with Gasteiger partial charge in [-0.2, -0.15) is 11.8 Å². The Morgan fingerprint density at radius 2 is 1.85 bits per heavy atom. The van der Waals surface area contributed by atoms with E-state index in [1.54, 1.807) is 11.8 Å². The van der Waals surface area contributed by atoms with E-state index < -0.39 is 48.4 Å². The number of amides is 3. The number of nitrogens with one attached hydrogen (secondary N) is 4. The van der Waals surface area contributed by atoms with Gasteiger partial charge in [0.2, 0.25) is 17.7 Å². The highest BCUT2D eigenvalue weighted by Crippen LogP contribution is 2.05. The minimum atomic E-state index is -1.23. The van der Waals surface area contributed by atoms with Gasteiger partial charge in [0.05, 0.1) is 12.4 Å². The van der Waals surface area contributed by atoms with Crippen molar-refractivity contribution < 1.29 is 24.3 Å². The second-order valence-electron chi connectivity index (χ2n) is 7.35. The van der Waals surface area contributed by atoms with Crippen LogP contribution >= 0.6 is 11.8 Å². The Bertz CT molecular complexity index is 830. The lowest BCUT2D eigenvalue weighted by Crippen LogP contribution is -2.56. The molecule has 3 amide bonds. The molecule has 14 nitrogen and oxygen atoms in total. The number of carboxylic acid groups (broad SMARTS) is 1. The van der Waals surface area contributed by atoms with E-state index >= 15 is 0 Å². The molecular weight excluding hydrogens is 466 g/mol. The van der Waals surface area contributed by atoms with Crippen molar-refractivity contribution in [3.05, 3.63) is 18.2 Å². The molecule has 1 aromatic heterocycles. The fourth-order valence-electron chi connectivity index (χ4n) is 2.81. The molecule has 3 unspecified atom stereocenters. The number of thioether (sulfide) groups is 1. The Balaban J connectivity index is 2.94. The topological polar surface area (TPSA) is 244 Å². The lowest BCUT2D eigenvalue weighted by Gasteiger charge is -2.24. The van der Waals surface area contributed by atoms with E-state index in [-0.39, 0.29) is 25.3 Å². The van der Waals surface area contributed by atoms with Crippen LogP contribution in [0.25, 0.3) is 0 Å². The third-order valence-corrected chi connectivity index (χ3v) is 5.22. The van der Waals surface area contributed by atoms with Gasteiger partial charge in [0.1, 0.15) is 18.6 Å². The molecule has 0 bridgehead atoms. The minimum absolute atomic E-state index is 0.0737. The molecule has 0 saturated heterocycles. The maximum Gasteiger partial charge on any atom is 0.322 e. The standard InChI is InChI=1S/C19H33N9O5S/c1-34-6-4-12(20)16(31)28-14(7-11-8-23-10-26-11)18(33)27-13(3-2-5-24-19(21)22)17(32)25-9-15(29)30/h8,10,12-14H,2-7,9,20H2,1H3,(H,23,26)(H,25,32)(H,27,33)(H,28,31)(H,29,30)(H4,21,22,24). The number of hydrogen-bond donors (Lipinski definition) is 8. The first-order valence-corrected chi connectivity index (χ1v) is 11.9. The van der Waals surface area contributed by atoms with Crippen molar-refractivity contribution in [2.45, 2.75) is 43.8 Å². The number of carboxylic acids is 1. The van der Waals surface area contributed by atoms with Gasteiger partial charge >= 0.3 is 5.97 Å². The number of nitrogens with zero attached hydrogens (tertiary/aromatic N) is 2. The van der Waals surface area contributed by atoms with E-state index in [4.69, 9.17) is 22.3 Å². The summed E-state index contributed by atoms with van der Waals surface area (Å²) in [4.78, 5) is 59.5. The largest absolute Gasteiger partial charge is 0.480 e. The molecule has 0 fully saturated rings. The monoisotopic (exact) mass is 499 g/mol. The average Bonchev–Trinajstić information content (AvgIpc) is 3.30. The summed E-state index contributed by atoms with van der Waals surface area (Å²) >= 11 is 1.54. The summed E-state index contributed by atoms with van der Waals surface area (Å²) < 4.78 is 0. The molecule has 15 heteroatoms. The predicted octanol–water partition coefficient (Wildman–Crippen LogP) is -2.74. The lowest BCUT2D eigenvalue weighted by atomic mass is 10.1. The number of carbonyl (C=O) groups excluding carboxylic acids is 3. The first kappa shape index (κ1) is 28.7. The van der Waals surface area contributed by atoms with Gasteiger partial charge in [0.15, 0.2) is 5.96 Å². The van der Waals surface area contributed by atoms with Gasteiger partial charge in [-0.3, -0.25) is 24.2 Å². The van der Waals surface area contributed by atoms with Crippen LogP contribution in [-0.2, 0) is 25.6 Å². The van der Waals surface area contributed by atoms with Crippen molar-refractivity contribution >= 4 is 41.4 Å². The van der Waals surface area contributed by atoms with E-state index in [0.29, 0.717) is 24.3 Å². The van der Waals surface area contributed by atoms with Crippen LogP contribution in [0.2, 0.25) is 0 Å². The van der Waals surface area contributed by atoms with E-state index in [1.807, 2.05) is 6.26 Å². The summed E-state index contributed by atoms with van der Waals surface area (Å²) in [6.07, 6.45) is 5.80. The van der Waals surface area contributed by atoms with Crippen molar-refractivity contribution in [3.63, 3.8) is 0 Å². The van der Waals surface area contributed by atoms with Crippen LogP contribution < -0.4 is 33.2 Å². The number of carbonyl (C=O) groups is 4. The number of aromatic amines is 1. The molecule has 0 aliphatic carbocycles. The number of guanidine groups is 1.